The van der Waals surface area contributed by atoms with Gasteiger partial charge in [-0.05, 0) is 19.7 Å². The molecule has 12 heteroatoms. The van der Waals surface area contributed by atoms with E-state index in [1.165, 1.54) is 6.92 Å². The highest BCUT2D eigenvalue weighted by molar-refractivity contribution is 7.84. The van der Waals surface area contributed by atoms with Crippen LogP contribution in [-0.2, 0) is 19.3 Å². The maximum atomic E-state index is 12.2. The average molecular weight is 353 g/mol. The third-order valence-electron chi connectivity index (χ3n) is 3.94. The summed E-state index contributed by atoms with van der Waals surface area (Å²) in [6, 6.07) is 0. The zero-order valence-corrected chi connectivity index (χ0v) is 13.8. The van der Waals surface area contributed by atoms with Crippen LogP contribution in [0.2, 0.25) is 6.32 Å². The van der Waals surface area contributed by atoms with Gasteiger partial charge < -0.3 is 26.6 Å². The van der Waals surface area contributed by atoms with Crippen LogP contribution in [0.4, 0.5) is 0 Å². The molecule has 0 amide bonds. The fourth-order valence-electron chi connectivity index (χ4n) is 2.51. The predicted octanol–water partition coefficient (Wildman–Crippen LogP) is -2.44. The SMILES string of the molecule is CC(CN)OS(=O)(=O)N1C[C@H](CCCB(O)O)[C@](N)(C(=O)O)C1. The van der Waals surface area contributed by atoms with E-state index < -0.39 is 47.5 Å². The second-order valence-electron chi connectivity index (χ2n) is 5.85. The van der Waals surface area contributed by atoms with Crippen LogP contribution in [0, 0.1) is 5.92 Å². The van der Waals surface area contributed by atoms with Crippen molar-refractivity contribution in [1.82, 2.24) is 4.31 Å². The Labute approximate surface area is 135 Å². The topological polar surface area (TPSA) is 176 Å². The van der Waals surface area contributed by atoms with Crippen LogP contribution in [0.15, 0.2) is 0 Å². The maximum absolute atomic E-state index is 12.2. The normalized spacial score (nSPS) is 27.1. The summed E-state index contributed by atoms with van der Waals surface area (Å²) in [4.78, 5) is 11.5. The molecule has 0 aromatic heterocycles. The Morgan fingerprint density at radius 3 is 2.61 bits per heavy atom. The molecule has 0 spiro atoms. The van der Waals surface area contributed by atoms with Crippen molar-refractivity contribution < 1.29 is 32.5 Å². The van der Waals surface area contributed by atoms with Crippen LogP contribution < -0.4 is 11.5 Å². The van der Waals surface area contributed by atoms with Crippen molar-refractivity contribution >= 4 is 23.4 Å². The number of nitrogens with two attached hydrogens (primary N) is 2. The van der Waals surface area contributed by atoms with Gasteiger partial charge in [-0.2, -0.15) is 12.7 Å². The van der Waals surface area contributed by atoms with Crippen molar-refractivity contribution in [3.05, 3.63) is 0 Å². The number of carboxylic acids is 1. The molecule has 0 aromatic carbocycles. The van der Waals surface area contributed by atoms with Crippen LogP contribution in [0.5, 0.6) is 0 Å². The van der Waals surface area contributed by atoms with Gasteiger partial charge in [-0.25, -0.2) is 0 Å². The van der Waals surface area contributed by atoms with Crippen molar-refractivity contribution in [2.45, 2.75) is 37.7 Å². The standard InChI is InChI=1S/C11H24BN3O7S/c1-8(5-13)22-23(20,21)15-6-9(3-2-4-12(18)19)11(14,7-15)10(16)17/h8-9,18-19H,2-7,13-14H2,1H3,(H,16,17)/t8?,9-,11-/m0/s1. The van der Waals surface area contributed by atoms with Crippen LogP contribution in [0.25, 0.3) is 0 Å². The molecule has 0 saturated carbocycles. The molecule has 1 aliphatic heterocycles. The van der Waals surface area contributed by atoms with E-state index in [-0.39, 0.29) is 25.8 Å². The quantitative estimate of drug-likeness (QED) is 0.282. The maximum Gasteiger partial charge on any atom is 0.451 e. The number of rotatable bonds is 9. The Bertz CT molecular complexity index is 518. The molecule has 23 heavy (non-hydrogen) atoms. The fraction of sp³-hybridized carbons (Fsp3) is 0.909. The second kappa shape index (κ2) is 7.88. The van der Waals surface area contributed by atoms with E-state index in [2.05, 4.69) is 0 Å². The van der Waals surface area contributed by atoms with Gasteiger partial charge in [0.15, 0.2) is 0 Å². The van der Waals surface area contributed by atoms with Crippen molar-refractivity contribution in [2.75, 3.05) is 19.6 Å². The first-order chi connectivity index (χ1) is 10.5. The fourth-order valence-corrected chi connectivity index (χ4v) is 3.86. The molecule has 7 N–H and O–H groups in total. The van der Waals surface area contributed by atoms with E-state index >= 15 is 0 Å². The molecule has 0 bridgehead atoms. The summed E-state index contributed by atoms with van der Waals surface area (Å²) >= 11 is 0. The minimum absolute atomic E-state index is 0.00240. The van der Waals surface area contributed by atoms with E-state index in [4.69, 9.17) is 25.7 Å². The summed E-state index contributed by atoms with van der Waals surface area (Å²) in [5, 5.41) is 27.0. The summed E-state index contributed by atoms with van der Waals surface area (Å²) in [5.74, 6) is -1.97. The Morgan fingerprint density at radius 2 is 2.13 bits per heavy atom. The molecule has 1 heterocycles. The zero-order chi connectivity index (χ0) is 17.8. The van der Waals surface area contributed by atoms with Gasteiger partial charge in [0.25, 0.3) is 0 Å². The molecule has 1 unspecified atom stereocenters. The molecular formula is C11H24BN3O7S. The van der Waals surface area contributed by atoms with Gasteiger partial charge in [0.05, 0.1) is 6.10 Å². The smallest absolute Gasteiger partial charge is 0.451 e. The molecule has 134 valence electrons. The van der Waals surface area contributed by atoms with Gasteiger partial charge >= 0.3 is 23.4 Å². The average Bonchev–Trinajstić information content (AvgIpc) is 2.77. The Balaban J connectivity index is 2.85. The van der Waals surface area contributed by atoms with Crippen molar-refractivity contribution in [3.63, 3.8) is 0 Å². The number of carbonyl (C=O) groups is 1. The number of carboxylic acid groups (broad SMARTS) is 1. The molecule has 0 aromatic rings. The van der Waals surface area contributed by atoms with Crippen molar-refractivity contribution in [2.24, 2.45) is 17.4 Å². The van der Waals surface area contributed by atoms with E-state index in [0.29, 0.717) is 6.42 Å². The van der Waals surface area contributed by atoms with E-state index in [1.54, 1.807) is 0 Å². The van der Waals surface area contributed by atoms with E-state index in [1.807, 2.05) is 0 Å². The molecule has 3 atom stereocenters. The molecule has 1 rings (SSSR count). The Morgan fingerprint density at radius 1 is 1.52 bits per heavy atom. The molecule has 1 fully saturated rings. The lowest BCUT2D eigenvalue weighted by Crippen LogP contribution is -2.55. The minimum Gasteiger partial charge on any atom is -0.480 e. The monoisotopic (exact) mass is 353 g/mol. The van der Waals surface area contributed by atoms with E-state index in [9.17, 15) is 18.3 Å². The largest absolute Gasteiger partial charge is 0.480 e. The third-order valence-corrected chi connectivity index (χ3v) is 5.42. The van der Waals surface area contributed by atoms with Gasteiger partial charge in [0.2, 0.25) is 0 Å². The van der Waals surface area contributed by atoms with Crippen LogP contribution >= 0.6 is 0 Å². The first kappa shape index (κ1) is 20.3. The van der Waals surface area contributed by atoms with Crippen molar-refractivity contribution in [1.29, 1.82) is 0 Å². The van der Waals surface area contributed by atoms with Crippen LogP contribution in [0.3, 0.4) is 0 Å². The number of hydrogen-bond donors (Lipinski definition) is 5. The first-order valence-electron chi connectivity index (χ1n) is 7.29. The number of hydrogen-bond acceptors (Lipinski definition) is 8. The summed E-state index contributed by atoms with van der Waals surface area (Å²) in [5.41, 5.74) is 9.48. The highest BCUT2D eigenvalue weighted by atomic mass is 32.2. The molecule has 0 radical (unpaired) electrons. The van der Waals surface area contributed by atoms with Crippen molar-refractivity contribution in [3.8, 4) is 0 Å². The Kier molecular flexibility index (Phi) is 6.95. The number of aliphatic carboxylic acids is 1. The molecule has 1 aliphatic rings. The minimum atomic E-state index is -4.14. The van der Waals surface area contributed by atoms with Crippen LogP contribution in [-0.4, -0.2) is 72.2 Å². The summed E-state index contributed by atoms with van der Waals surface area (Å²) < 4.78 is 30.1. The highest BCUT2D eigenvalue weighted by Crippen LogP contribution is 2.32. The zero-order valence-electron chi connectivity index (χ0n) is 13.0. The van der Waals surface area contributed by atoms with Gasteiger partial charge in [0.1, 0.15) is 5.54 Å². The van der Waals surface area contributed by atoms with Gasteiger partial charge in [0, 0.05) is 25.6 Å². The van der Waals surface area contributed by atoms with Crippen LogP contribution in [0.1, 0.15) is 19.8 Å². The second-order valence-corrected chi connectivity index (χ2v) is 7.41. The summed E-state index contributed by atoms with van der Waals surface area (Å²) in [6.07, 6.45) is -0.123. The van der Waals surface area contributed by atoms with Gasteiger partial charge in [-0.1, -0.05) is 6.42 Å². The lowest BCUT2D eigenvalue weighted by molar-refractivity contribution is -0.144. The highest BCUT2D eigenvalue weighted by Gasteiger charge is 2.52. The molecule has 1 saturated heterocycles. The molecular weight excluding hydrogens is 329 g/mol. The predicted molar refractivity (Wildman–Crippen MR) is 82.4 cm³/mol. The Hall–Kier alpha value is -0.755. The third kappa shape index (κ3) is 5.11. The van der Waals surface area contributed by atoms with Gasteiger partial charge in [-0.15, -0.1) is 0 Å². The lowest BCUT2D eigenvalue weighted by Gasteiger charge is -2.25. The summed E-state index contributed by atoms with van der Waals surface area (Å²) in [6.45, 7) is 0.969. The first-order valence-corrected chi connectivity index (χ1v) is 8.66. The number of nitrogens with zero attached hydrogens (tertiary/aromatic N) is 1. The molecule has 10 nitrogen and oxygen atoms in total. The summed E-state index contributed by atoms with van der Waals surface area (Å²) in [7, 11) is -5.64. The molecule has 0 aliphatic carbocycles. The van der Waals surface area contributed by atoms with E-state index in [0.717, 1.165) is 4.31 Å². The lowest BCUT2D eigenvalue weighted by atomic mass is 9.78. The van der Waals surface area contributed by atoms with Gasteiger partial charge in [-0.3, -0.25) is 8.98 Å².